The molecule has 2 aromatic rings. The van der Waals surface area contributed by atoms with E-state index in [1.807, 2.05) is 25.1 Å². The minimum absolute atomic E-state index is 0.0663. The molecule has 1 aromatic carbocycles. The molecule has 1 heterocycles. The predicted molar refractivity (Wildman–Crippen MR) is 90.4 cm³/mol. The number of anilines is 1. The van der Waals surface area contributed by atoms with E-state index in [0.717, 1.165) is 33.8 Å². The number of carbonyl (C=O) groups excluding carboxylic acids is 1. The Morgan fingerprint density at radius 2 is 2.25 bits per heavy atom. The summed E-state index contributed by atoms with van der Waals surface area (Å²) in [6.45, 7) is 4.18. The van der Waals surface area contributed by atoms with Crippen LogP contribution in [0.3, 0.4) is 0 Å². The van der Waals surface area contributed by atoms with Gasteiger partial charge in [-0.1, -0.05) is 35.7 Å². The van der Waals surface area contributed by atoms with E-state index in [-0.39, 0.29) is 11.9 Å². The molecule has 108 valence electrons. The number of thiophene rings is 1. The van der Waals surface area contributed by atoms with E-state index in [4.69, 9.17) is 5.73 Å². The largest absolute Gasteiger partial charge is 0.397 e. The van der Waals surface area contributed by atoms with Crippen LogP contribution in [-0.2, 0) is 0 Å². The Balaban J connectivity index is 2.20. The maximum Gasteiger partial charge on any atom is 0.263 e. The van der Waals surface area contributed by atoms with Crippen LogP contribution in [0.2, 0.25) is 0 Å². The summed E-state index contributed by atoms with van der Waals surface area (Å²) in [4.78, 5) is 12.9. The summed E-state index contributed by atoms with van der Waals surface area (Å²) in [5.74, 6) is -0.0663. The van der Waals surface area contributed by atoms with Gasteiger partial charge in [-0.25, -0.2) is 0 Å². The van der Waals surface area contributed by atoms with E-state index in [9.17, 15) is 4.79 Å². The van der Waals surface area contributed by atoms with Crippen LogP contribution >= 0.6 is 27.3 Å². The van der Waals surface area contributed by atoms with Gasteiger partial charge >= 0.3 is 0 Å². The molecule has 0 radical (unpaired) electrons. The third kappa shape index (κ3) is 3.33. The minimum Gasteiger partial charge on any atom is -0.397 e. The zero-order chi connectivity index (χ0) is 14.7. The zero-order valence-corrected chi connectivity index (χ0v) is 14.1. The average molecular weight is 355 g/mol. The lowest BCUT2D eigenvalue weighted by Crippen LogP contribution is -2.32. The van der Waals surface area contributed by atoms with Crippen LogP contribution in [0.5, 0.6) is 0 Å². The van der Waals surface area contributed by atoms with Gasteiger partial charge in [-0.3, -0.25) is 4.79 Å². The quantitative estimate of drug-likeness (QED) is 0.826. The summed E-state index contributed by atoms with van der Waals surface area (Å²) >= 11 is 4.88. The molecule has 1 atom stereocenters. The molecule has 0 fully saturated rings. The molecule has 1 aromatic heterocycles. The van der Waals surface area contributed by atoms with Gasteiger partial charge in [0.2, 0.25) is 0 Å². The number of carbonyl (C=O) groups is 1. The smallest absolute Gasteiger partial charge is 0.263 e. The first-order valence-electron chi connectivity index (χ1n) is 6.81. The number of nitrogens with two attached hydrogens (primary N) is 1. The summed E-state index contributed by atoms with van der Waals surface area (Å²) in [5.41, 5.74) is 6.69. The van der Waals surface area contributed by atoms with Gasteiger partial charge in [0, 0.05) is 20.6 Å². The average Bonchev–Trinajstić information content (AvgIpc) is 2.74. The second kappa shape index (κ2) is 6.59. The van der Waals surface area contributed by atoms with Crippen LogP contribution in [0.25, 0.3) is 10.1 Å². The van der Waals surface area contributed by atoms with Crippen LogP contribution in [0.15, 0.2) is 22.7 Å². The SMILES string of the molecule is CCCCC(C)NC(=O)c1sc2ccc(Br)cc2c1N. The number of hydrogen-bond donors (Lipinski definition) is 2. The number of hydrogen-bond acceptors (Lipinski definition) is 3. The molecule has 1 unspecified atom stereocenters. The molecule has 3 nitrogen and oxygen atoms in total. The molecule has 1 amide bonds. The van der Waals surface area contributed by atoms with Crippen molar-refractivity contribution in [1.29, 1.82) is 0 Å². The van der Waals surface area contributed by atoms with Gasteiger partial charge in [0.05, 0.1) is 5.69 Å². The number of benzene rings is 1. The number of fused-ring (bicyclic) bond motifs is 1. The lowest BCUT2D eigenvalue weighted by Gasteiger charge is -2.12. The number of amides is 1. The Labute approximate surface area is 131 Å². The molecule has 3 N–H and O–H groups in total. The Morgan fingerprint density at radius 3 is 2.95 bits per heavy atom. The number of nitrogen functional groups attached to an aromatic ring is 1. The topological polar surface area (TPSA) is 55.1 Å². The van der Waals surface area contributed by atoms with Crippen LogP contribution < -0.4 is 11.1 Å². The molecular weight excluding hydrogens is 336 g/mol. The van der Waals surface area contributed by atoms with E-state index in [2.05, 4.69) is 28.2 Å². The van der Waals surface area contributed by atoms with Gasteiger partial charge in [0.1, 0.15) is 4.88 Å². The Morgan fingerprint density at radius 1 is 1.50 bits per heavy atom. The van der Waals surface area contributed by atoms with E-state index >= 15 is 0 Å². The predicted octanol–water partition coefficient (Wildman–Crippen LogP) is 4.55. The van der Waals surface area contributed by atoms with Gasteiger partial charge in [0.15, 0.2) is 0 Å². The number of unbranched alkanes of at least 4 members (excludes halogenated alkanes) is 1. The Bertz CT molecular complexity index is 624. The van der Waals surface area contributed by atoms with Crippen molar-refractivity contribution >= 4 is 48.9 Å². The lowest BCUT2D eigenvalue weighted by molar-refractivity contribution is 0.0943. The van der Waals surface area contributed by atoms with Crippen molar-refractivity contribution in [3.05, 3.63) is 27.5 Å². The van der Waals surface area contributed by atoms with E-state index < -0.39 is 0 Å². The van der Waals surface area contributed by atoms with Crippen LogP contribution in [-0.4, -0.2) is 11.9 Å². The zero-order valence-electron chi connectivity index (χ0n) is 11.7. The highest BCUT2D eigenvalue weighted by molar-refractivity contribution is 9.10. The highest BCUT2D eigenvalue weighted by Crippen LogP contribution is 2.35. The molecule has 0 saturated heterocycles. The lowest BCUT2D eigenvalue weighted by atomic mass is 10.1. The van der Waals surface area contributed by atoms with Crippen molar-refractivity contribution in [2.75, 3.05) is 5.73 Å². The van der Waals surface area contributed by atoms with Gasteiger partial charge in [-0.05, 0) is 31.5 Å². The van der Waals surface area contributed by atoms with Crippen molar-refractivity contribution in [1.82, 2.24) is 5.32 Å². The van der Waals surface area contributed by atoms with E-state index in [1.165, 1.54) is 11.3 Å². The highest BCUT2D eigenvalue weighted by Gasteiger charge is 2.17. The first kappa shape index (κ1) is 15.3. The van der Waals surface area contributed by atoms with E-state index in [1.54, 1.807) is 0 Å². The third-order valence-corrected chi connectivity index (χ3v) is 4.94. The van der Waals surface area contributed by atoms with Crippen LogP contribution in [0.4, 0.5) is 5.69 Å². The molecule has 0 saturated carbocycles. The first-order chi connectivity index (χ1) is 9.52. The molecule has 0 aliphatic heterocycles. The Kier molecular flexibility index (Phi) is 5.05. The second-order valence-electron chi connectivity index (χ2n) is 5.00. The Hall–Kier alpha value is -1.07. The summed E-state index contributed by atoms with van der Waals surface area (Å²) in [5, 5.41) is 3.97. The van der Waals surface area contributed by atoms with Crippen molar-refractivity contribution in [2.45, 2.75) is 39.2 Å². The number of rotatable bonds is 5. The highest BCUT2D eigenvalue weighted by atomic mass is 79.9. The van der Waals surface area contributed by atoms with Gasteiger partial charge in [0.25, 0.3) is 5.91 Å². The molecule has 2 rings (SSSR count). The number of halogens is 1. The maximum absolute atomic E-state index is 12.3. The standard InChI is InChI=1S/C15H19BrN2OS/c1-3-4-5-9(2)18-15(19)14-13(17)11-8-10(16)6-7-12(11)20-14/h6-9H,3-5,17H2,1-2H3,(H,18,19). The summed E-state index contributed by atoms with van der Waals surface area (Å²) in [7, 11) is 0. The minimum atomic E-state index is -0.0663. The molecule has 20 heavy (non-hydrogen) atoms. The van der Waals surface area contributed by atoms with Gasteiger partial charge < -0.3 is 11.1 Å². The summed E-state index contributed by atoms with van der Waals surface area (Å²) < 4.78 is 2.01. The first-order valence-corrected chi connectivity index (χ1v) is 8.42. The fourth-order valence-electron chi connectivity index (χ4n) is 2.13. The van der Waals surface area contributed by atoms with Crippen molar-refractivity contribution in [3.8, 4) is 0 Å². The third-order valence-electron chi connectivity index (χ3n) is 3.26. The number of nitrogens with one attached hydrogen (secondary N) is 1. The van der Waals surface area contributed by atoms with E-state index in [0.29, 0.717) is 10.6 Å². The molecule has 0 spiro atoms. The molecule has 5 heteroatoms. The van der Waals surface area contributed by atoms with Crippen molar-refractivity contribution in [3.63, 3.8) is 0 Å². The van der Waals surface area contributed by atoms with Gasteiger partial charge in [-0.15, -0.1) is 11.3 Å². The van der Waals surface area contributed by atoms with Gasteiger partial charge in [-0.2, -0.15) is 0 Å². The summed E-state index contributed by atoms with van der Waals surface area (Å²) in [6, 6.07) is 6.08. The normalized spacial score (nSPS) is 12.6. The van der Waals surface area contributed by atoms with Crippen molar-refractivity contribution < 1.29 is 4.79 Å². The molecule has 0 aliphatic rings. The summed E-state index contributed by atoms with van der Waals surface area (Å²) in [6.07, 6.45) is 3.26. The van der Waals surface area contributed by atoms with Crippen LogP contribution in [0.1, 0.15) is 42.8 Å². The fourth-order valence-corrected chi connectivity index (χ4v) is 3.50. The van der Waals surface area contributed by atoms with Crippen LogP contribution in [0, 0.1) is 0 Å². The fraction of sp³-hybridized carbons (Fsp3) is 0.400. The molecule has 0 aliphatic carbocycles. The monoisotopic (exact) mass is 354 g/mol. The maximum atomic E-state index is 12.3. The van der Waals surface area contributed by atoms with Crippen molar-refractivity contribution in [2.24, 2.45) is 0 Å². The molecule has 0 bridgehead atoms. The molecular formula is C15H19BrN2OS. The second-order valence-corrected chi connectivity index (χ2v) is 6.97.